The second-order valence-corrected chi connectivity index (χ2v) is 9.05. The highest BCUT2D eigenvalue weighted by atomic mass is 16.5. The molecule has 0 bridgehead atoms. The first-order valence-corrected chi connectivity index (χ1v) is 12.4. The summed E-state index contributed by atoms with van der Waals surface area (Å²) in [6, 6.07) is 24.6. The van der Waals surface area contributed by atoms with E-state index in [1.807, 2.05) is 91.3 Å². The van der Waals surface area contributed by atoms with Gasteiger partial charge in [-0.05, 0) is 43.7 Å². The van der Waals surface area contributed by atoms with Crippen molar-refractivity contribution in [1.29, 1.82) is 0 Å². The molecule has 3 aromatic carbocycles. The van der Waals surface area contributed by atoms with Crippen molar-refractivity contribution in [1.82, 2.24) is 14.5 Å². The van der Waals surface area contributed by atoms with Crippen LogP contribution in [0.4, 0.5) is 5.95 Å². The summed E-state index contributed by atoms with van der Waals surface area (Å²) < 4.78 is 12.5. The zero-order valence-corrected chi connectivity index (χ0v) is 22.0. The van der Waals surface area contributed by atoms with E-state index >= 15 is 0 Å². The number of para-hydroxylation sites is 1. The van der Waals surface area contributed by atoms with Crippen LogP contribution in [-0.4, -0.2) is 53.1 Å². The summed E-state index contributed by atoms with van der Waals surface area (Å²) in [5, 5.41) is 2.92. The molecule has 0 radical (unpaired) electrons. The molecule has 1 N–H and O–H groups in total. The molecule has 4 rings (SSSR count). The Bertz CT molecular complexity index is 1380. The Hall–Kier alpha value is -4.59. The number of carbonyl (C=O) groups excluding carboxylic acids is 2. The molecule has 0 saturated carbocycles. The fraction of sp³-hybridized carbons (Fsp3) is 0.233. The highest BCUT2D eigenvalue weighted by molar-refractivity contribution is 5.94. The fourth-order valence-electron chi connectivity index (χ4n) is 4.15. The summed E-state index contributed by atoms with van der Waals surface area (Å²) in [7, 11) is 3.12. The minimum atomic E-state index is -0.332. The minimum Gasteiger partial charge on any atom is -0.493 e. The third kappa shape index (κ3) is 6.21. The number of hydrogen-bond donors (Lipinski definition) is 1. The van der Waals surface area contributed by atoms with Gasteiger partial charge in [0, 0.05) is 23.5 Å². The van der Waals surface area contributed by atoms with Crippen LogP contribution in [0.15, 0.2) is 85.1 Å². The van der Waals surface area contributed by atoms with Crippen molar-refractivity contribution in [3.05, 3.63) is 90.6 Å². The highest BCUT2D eigenvalue weighted by Gasteiger charge is 2.22. The van der Waals surface area contributed by atoms with Gasteiger partial charge >= 0.3 is 0 Å². The first-order valence-electron chi connectivity index (χ1n) is 12.4. The van der Waals surface area contributed by atoms with E-state index in [9.17, 15) is 9.59 Å². The van der Waals surface area contributed by atoms with E-state index in [4.69, 9.17) is 14.5 Å². The zero-order valence-electron chi connectivity index (χ0n) is 22.0. The van der Waals surface area contributed by atoms with E-state index in [0.717, 1.165) is 22.5 Å². The van der Waals surface area contributed by atoms with Crippen LogP contribution < -0.4 is 14.8 Å². The van der Waals surface area contributed by atoms with Gasteiger partial charge in [0.25, 0.3) is 0 Å². The van der Waals surface area contributed by atoms with Crippen molar-refractivity contribution >= 4 is 17.8 Å². The molecule has 0 spiro atoms. The van der Waals surface area contributed by atoms with E-state index in [1.54, 1.807) is 31.3 Å². The van der Waals surface area contributed by atoms with Gasteiger partial charge in [-0.25, -0.2) is 4.98 Å². The number of nitrogens with zero attached hydrogens (tertiary/aromatic N) is 3. The lowest BCUT2D eigenvalue weighted by molar-refractivity contribution is -0.135. The van der Waals surface area contributed by atoms with E-state index in [0.29, 0.717) is 17.4 Å². The summed E-state index contributed by atoms with van der Waals surface area (Å²) in [5.74, 6) is 1.03. The maximum absolute atomic E-state index is 13.2. The Morgan fingerprint density at radius 3 is 2.21 bits per heavy atom. The van der Waals surface area contributed by atoms with Crippen LogP contribution in [0.3, 0.4) is 0 Å². The van der Waals surface area contributed by atoms with Gasteiger partial charge in [-0.2, -0.15) is 0 Å². The Balaban J connectivity index is 1.53. The van der Waals surface area contributed by atoms with Gasteiger partial charge in [0.05, 0.1) is 26.3 Å². The van der Waals surface area contributed by atoms with Crippen molar-refractivity contribution in [2.45, 2.75) is 26.3 Å². The van der Waals surface area contributed by atoms with Gasteiger partial charge in [0.1, 0.15) is 6.54 Å². The number of methoxy groups -OCH3 is 2. The molecular weight excluding hydrogens is 480 g/mol. The molecule has 0 atom stereocenters. The maximum atomic E-state index is 13.2. The SMILES string of the molecule is COc1ccc(CC(=O)N(CC(=O)Nc2nc(-c3ccccc3)cn2-c2ccccc2)C(C)C)cc1OC. The normalized spacial score (nSPS) is 10.8. The van der Waals surface area contributed by atoms with Gasteiger partial charge in [-0.15, -0.1) is 0 Å². The van der Waals surface area contributed by atoms with E-state index in [1.165, 1.54) is 0 Å². The number of ether oxygens (including phenoxy) is 2. The van der Waals surface area contributed by atoms with Gasteiger partial charge in [-0.1, -0.05) is 54.6 Å². The molecule has 8 nitrogen and oxygen atoms in total. The molecular formula is C30H32N4O4. The van der Waals surface area contributed by atoms with Crippen molar-refractivity contribution in [2.24, 2.45) is 0 Å². The number of nitrogens with one attached hydrogen (secondary N) is 1. The van der Waals surface area contributed by atoms with Crippen molar-refractivity contribution in [3.8, 4) is 28.4 Å². The summed E-state index contributed by atoms with van der Waals surface area (Å²) in [4.78, 5) is 32.7. The smallest absolute Gasteiger partial charge is 0.246 e. The van der Waals surface area contributed by atoms with Crippen molar-refractivity contribution in [2.75, 3.05) is 26.1 Å². The first-order chi connectivity index (χ1) is 18.4. The highest BCUT2D eigenvalue weighted by Crippen LogP contribution is 2.28. The summed E-state index contributed by atoms with van der Waals surface area (Å²) in [6.07, 6.45) is 2.02. The first kappa shape index (κ1) is 26.5. The van der Waals surface area contributed by atoms with Crippen LogP contribution in [0.2, 0.25) is 0 Å². The number of amides is 2. The monoisotopic (exact) mass is 512 g/mol. The fourth-order valence-corrected chi connectivity index (χ4v) is 4.15. The second kappa shape index (κ2) is 12.1. The quantitative estimate of drug-likeness (QED) is 0.324. The minimum absolute atomic E-state index is 0.105. The Morgan fingerprint density at radius 2 is 1.58 bits per heavy atom. The lowest BCUT2D eigenvalue weighted by atomic mass is 10.1. The zero-order chi connectivity index (χ0) is 27.1. The number of imidazole rings is 1. The van der Waals surface area contributed by atoms with Gasteiger partial charge in [0.2, 0.25) is 17.8 Å². The summed E-state index contributed by atoms with van der Waals surface area (Å²) in [6.45, 7) is 3.67. The summed E-state index contributed by atoms with van der Waals surface area (Å²) in [5.41, 5.74) is 3.30. The van der Waals surface area contributed by atoms with Gasteiger partial charge < -0.3 is 14.4 Å². The van der Waals surface area contributed by atoms with Crippen LogP contribution in [0.25, 0.3) is 16.9 Å². The van der Waals surface area contributed by atoms with E-state index < -0.39 is 0 Å². The number of carbonyl (C=O) groups is 2. The summed E-state index contributed by atoms with van der Waals surface area (Å²) >= 11 is 0. The Kier molecular flexibility index (Phi) is 8.43. The Morgan fingerprint density at radius 1 is 0.921 bits per heavy atom. The Labute approximate surface area is 222 Å². The molecule has 8 heteroatoms. The molecule has 0 fully saturated rings. The standard InChI is InChI=1S/C30H32N4O4/c1-21(2)33(29(36)18-22-15-16-26(37-3)27(17-22)38-4)20-28(35)32-30-31-25(23-11-7-5-8-12-23)19-34(30)24-13-9-6-10-14-24/h5-17,19,21H,18,20H2,1-4H3,(H,31,32,35). The molecule has 0 unspecified atom stereocenters. The molecule has 4 aromatic rings. The lowest BCUT2D eigenvalue weighted by Crippen LogP contribution is -2.43. The second-order valence-electron chi connectivity index (χ2n) is 9.05. The van der Waals surface area contributed by atoms with Gasteiger partial charge in [0.15, 0.2) is 11.5 Å². The number of hydrogen-bond acceptors (Lipinski definition) is 5. The van der Waals surface area contributed by atoms with Crippen LogP contribution in [-0.2, 0) is 16.0 Å². The van der Waals surface area contributed by atoms with Crippen LogP contribution in [0.1, 0.15) is 19.4 Å². The molecule has 0 aliphatic rings. The number of anilines is 1. The largest absolute Gasteiger partial charge is 0.493 e. The molecule has 0 aliphatic heterocycles. The molecule has 1 heterocycles. The molecule has 0 saturated heterocycles. The van der Waals surface area contributed by atoms with Gasteiger partial charge in [-0.3, -0.25) is 19.5 Å². The number of benzene rings is 3. The number of rotatable bonds is 10. The third-order valence-electron chi connectivity index (χ3n) is 6.12. The molecule has 196 valence electrons. The van der Waals surface area contributed by atoms with E-state index in [2.05, 4.69) is 5.32 Å². The predicted molar refractivity (Wildman–Crippen MR) is 148 cm³/mol. The number of aromatic nitrogens is 2. The molecule has 38 heavy (non-hydrogen) atoms. The van der Waals surface area contributed by atoms with Crippen LogP contribution >= 0.6 is 0 Å². The van der Waals surface area contributed by atoms with Crippen molar-refractivity contribution in [3.63, 3.8) is 0 Å². The average Bonchev–Trinajstić information content (AvgIpc) is 3.36. The predicted octanol–water partition coefficient (Wildman–Crippen LogP) is 4.97. The lowest BCUT2D eigenvalue weighted by Gasteiger charge is -2.26. The third-order valence-corrected chi connectivity index (χ3v) is 6.12. The molecule has 0 aliphatic carbocycles. The average molecular weight is 513 g/mol. The van der Waals surface area contributed by atoms with Crippen LogP contribution in [0, 0.1) is 0 Å². The maximum Gasteiger partial charge on any atom is 0.246 e. The van der Waals surface area contributed by atoms with Crippen molar-refractivity contribution < 1.29 is 19.1 Å². The van der Waals surface area contributed by atoms with Crippen LogP contribution in [0.5, 0.6) is 11.5 Å². The molecule has 1 aromatic heterocycles. The van der Waals surface area contributed by atoms with E-state index in [-0.39, 0.29) is 30.8 Å². The molecule has 2 amide bonds. The topological polar surface area (TPSA) is 85.7 Å².